The Morgan fingerprint density at radius 1 is 1.26 bits per heavy atom. The van der Waals surface area contributed by atoms with Gasteiger partial charge >= 0.3 is 0 Å². The van der Waals surface area contributed by atoms with Crippen molar-refractivity contribution in [2.24, 2.45) is 11.8 Å². The molecule has 1 heterocycles. The lowest BCUT2D eigenvalue weighted by Crippen LogP contribution is -2.30. The monoisotopic (exact) mass is 315 g/mol. The summed E-state index contributed by atoms with van der Waals surface area (Å²) < 4.78 is 5.09. The van der Waals surface area contributed by atoms with E-state index in [-0.39, 0.29) is 12.5 Å². The summed E-state index contributed by atoms with van der Waals surface area (Å²) in [6.45, 7) is 5.05. The zero-order chi connectivity index (χ0) is 16.7. The molecule has 0 aliphatic heterocycles. The van der Waals surface area contributed by atoms with Gasteiger partial charge in [0.1, 0.15) is 0 Å². The van der Waals surface area contributed by atoms with E-state index in [1.807, 2.05) is 30.3 Å². The van der Waals surface area contributed by atoms with E-state index in [0.717, 1.165) is 17.5 Å². The second-order valence-corrected chi connectivity index (χ2v) is 6.31. The molecule has 0 saturated heterocycles. The molecule has 1 amide bonds. The maximum Gasteiger partial charge on any atom is 0.251 e. The summed E-state index contributed by atoms with van der Waals surface area (Å²) in [5.41, 5.74) is 2.55. The Balaban J connectivity index is 1.99. The topological polar surface area (TPSA) is 62.5 Å². The molecule has 0 aliphatic carbocycles. The highest BCUT2D eigenvalue weighted by Gasteiger charge is 2.13. The van der Waals surface area contributed by atoms with Gasteiger partial charge in [0.05, 0.1) is 12.5 Å². The quantitative estimate of drug-likeness (QED) is 0.780. The van der Waals surface area contributed by atoms with Crippen molar-refractivity contribution >= 4 is 5.91 Å². The Morgan fingerprint density at radius 3 is 2.74 bits per heavy atom. The molecule has 0 aliphatic rings. The third-order valence-corrected chi connectivity index (χ3v) is 3.87. The fourth-order valence-corrected chi connectivity index (χ4v) is 2.76. The van der Waals surface area contributed by atoms with E-state index in [9.17, 15) is 4.79 Å². The van der Waals surface area contributed by atoms with Crippen LogP contribution in [0.3, 0.4) is 0 Å². The fourth-order valence-electron chi connectivity index (χ4n) is 2.76. The molecule has 4 heteroatoms. The van der Waals surface area contributed by atoms with Crippen molar-refractivity contribution in [1.82, 2.24) is 5.32 Å². The largest absolute Gasteiger partial charge is 0.472 e. The van der Waals surface area contributed by atoms with Crippen molar-refractivity contribution < 1.29 is 14.3 Å². The molecule has 0 spiro atoms. The molecule has 0 radical (unpaired) electrons. The number of aliphatic hydroxyl groups is 1. The Kier molecular flexibility index (Phi) is 6.41. The Labute approximate surface area is 137 Å². The number of carbonyl (C=O) groups is 1. The van der Waals surface area contributed by atoms with Gasteiger partial charge < -0.3 is 14.8 Å². The van der Waals surface area contributed by atoms with Gasteiger partial charge in [-0.15, -0.1) is 0 Å². The normalized spacial score (nSPS) is 12.3. The van der Waals surface area contributed by atoms with E-state index in [1.54, 1.807) is 12.5 Å². The van der Waals surface area contributed by atoms with Crippen LogP contribution in [0.1, 0.15) is 37.0 Å². The summed E-state index contributed by atoms with van der Waals surface area (Å²) in [7, 11) is 0. The average Bonchev–Trinajstić information content (AvgIpc) is 3.06. The number of amides is 1. The van der Waals surface area contributed by atoms with Crippen LogP contribution in [0.25, 0.3) is 11.1 Å². The Morgan fingerprint density at radius 2 is 2.09 bits per heavy atom. The van der Waals surface area contributed by atoms with Crippen molar-refractivity contribution in [2.45, 2.75) is 26.7 Å². The summed E-state index contributed by atoms with van der Waals surface area (Å²) in [6, 6.07) is 9.37. The number of benzene rings is 1. The predicted octanol–water partition coefficient (Wildman–Crippen LogP) is 3.72. The Bertz CT molecular complexity index is 605. The van der Waals surface area contributed by atoms with Crippen LogP contribution in [0, 0.1) is 11.8 Å². The number of hydrogen-bond donors (Lipinski definition) is 2. The van der Waals surface area contributed by atoms with Gasteiger partial charge in [0.2, 0.25) is 0 Å². The first kappa shape index (κ1) is 17.3. The van der Waals surface area contributed by atoms with Gasteiger partial charge in [-0.1, -0.05) is 26.0 Å². The molecule has 0 saturated carbocycles. The van der Waals surface area contributed by atoms with Gasteiger partial charge in [-0.05, 0) is 48.4 Å². The molecule has 1 atom stereocenters. The lowest BCUT2D eigenvalue weighted by atomic mass is 9.94. The highest BCUT2D eigenvalue weighted by molar-refractivity contribution is 5.95. The second kappa shape index (κ2) is 8.53. The van der Waals surface area contributed by atoms with E-state index >= 15 is 0 Å². The summed E-state index contributed by atoms with van der Waals surface area (Å²) >= 11 is 0. The summed E-state index contributed by atoms with van der Waals surface area (Å²) in [5.74, 6) is 0.774. The third kappa shape index (κ3) is 5.25. The van der Waals surface area contributed by atoms with Gasteiger partial charge in [0, 0.05) is 24.3 Å². The molecule has 1 aromatic carbocycles. The zero-order valence-corrected chi connectivity index (χ0v) is 13.8. The smallest absolute Gasteiger partial charge is 0.251 e. The van der Waals surface area contributed by atoms with E-state index in [1.165, 1.54) is 0 Å². The number of furan rings is 1. The molecule has 2 rings (SSSR count). The first-order valence-corrected chi connectivity index (χ1v) is 8.12. The minimum absolute atomic E-state index is 0.0814. The fraction of sp³-hybridized carbons (Fsp3) is 0.421. The highest BCUT2D eigenvalue weighted by atomic mass is 16.3. The molecular weight excluding hydrogens is 290 g/mol. The SMILES string of the molecule is CC(C)CC(CCO)CNC(=O)c1cccc(-c2ccoc2)c1. The van der Waals surface area contributed by atoms with Crippen LogP contribution in [0.5, 0.6) is 0 Å². The summed E-state index contributed by atoms with van der Waals surface area (Å²) in [6.07, 6.45) is 4.99. The van der Waals surface area contributed by atoms with Gasteiger partial charge in [0.25, 0.3) is 5.91 Å². The first-order valence-electron chi connectivity index (χ1n) is 8.12. The Hall–Kier alpha value is -2.07. The van der Waals surface area contributed by atoms with Crippen LogP contribution >= 0.6 is 0 Å². The van der Waals surface area contributed by atoms with Crippen LogP contribution < -0.4 is 5.32 Å². The minimum Gasteiger partial charge on any atom is -0.472 e. The van der Waals surface area contributed by atoms with Crippen molar-refractivity contribution in [1.29, 1.82) is 0 Å². The number of carbonyl (C=O) groups excluding carboxylic acids is 1. The van der Waals surface area contributed by atoms with E-state index in [2.05, 4.69) is 19.2 Å². The van der Waals surface area contributed by atoms with E-state index in [4.69, 9.17) is 9.52 Å². The van der Waals surface area contributed by atoms with Gasteiger partial charge in [-0.25, -0.2) is 0 Å². The van der Waals surface area contributed by atoms with Crippen molar-refractivity contribution in [3.05, 3.63) is 48.4 Å². The molecular formula is C19H25NO3. The van der Waals surface area contributed by atoms with Crippen LogP contribution in [-0.4, -0.2) is 24.2 Å². The lowest BCUT2D eigenvalue weighted by Gasteiger charge is -2.18. The lowest BCUT2D eigenvalue weighted by molar-refractivity contribution is 0.0941. The average molecular weight is 315 g/mol. The van der Waals surface area contributed by atoms with E-state index in [0.29, 0.717) is 30.4 Å². The first-order chi connectivity index (χ1) is 11.1. The van der Waals surface area contributed by atoms with Crippen LogP contribution in [-0.2, 0) is 0 Å². The standard InChI is InChI=1S/C19H25NO3/c1-14(2)10-15(6-8-21)12-20-19(22)17-5-3-4-16(11-17)18-7-9-23-13-18/h3-5,7,9,11,13-15,21H,6,8,10,12H2,1-2H3,(H,20,22). The minimum atomic E-state index is -0.0814. The van der Waals surface area contributed by atoms with Gasteiger partial charge in [-0.3, -0.25) is 4.79 Å². The van der Waals surface area contributed by atoms with Crippen molar-refractivity contribution in [3.8, 4) is 11.1 Å². The van der Waals surface area contributed by atoms with Crippen molar-refractivity contribution in [3.63, 3.8) is 0 Å². The van der Waals surface area contributed by atoms with Crippen molar-refractivity contribution in [2.75, 3.05) is 13.2 Å². The van der Waals surface area contributed by atoms with Crippen LogP contribution in [0.2, 0.25) is 0 Å². The third-order valence-electron chi connectivity index (χ3n) is 3.87. The molecule has 4 nitrogen and oxygen atoms in total. The molecule has 1 unspecified atom stereocenters. The molecule has 1 aromatic heterocycles. The number of hydrogen-bond acceptors (Lipinski definition) is 3. The molecule has 124 valence electrons. The predicted molar refractivity (Wildman–Crippen MR) is 91.1 cm³/mol. The molecule has 2 N–H and O–H groups in total. The number of nitrogens with one attached hydrogen (secondary N) is 1. The van der Waals surface area contributed by atoms with Crippen LogP contribution in [0.15, 0.2) is 47.3 Å². The van der Waals surface area contributed by atoms with Crippen LogP contribution in [0.4, 0.5) is 0 Å². The van der Waals surface area contributed by atoms with Gasteiger partial charge in [0.15, 0.2) is 0 Å². The maximum absolute atomic E-state index is 12.4. The molecule has 2 aromatic rings. The highest BCUT2D eigenvalue weighted by Crippen LogP contribution is 2.21. The van der Waals surface area contributed by atoms with E-state index < -0.39 is 0 Å². The van der Waals surface area contributed by atoms with Gasteiger partial charge in [-0.2, -0.15) is 0 Å². The zero-order valence-electron chi connectivity index (χ0n) is 13.8. The number of aliphatic hydroxyl groups excluding tert-OH is 1. The maximum atomic E-state index is 12.4. The molecule has 23 heavy (non-hydrogen) atoms. The summed E-state index contributed by atoms with van der Waals surface area (Å²) in [5, 5.41) is 12.1. The molecule has 0 bridgehead atoms. The number of rotatable bonds is 8. The summed E-state index contributed by atoms with van der Waals surface area (Å²) in [4.78, 5) is 12.4. The molecule has 0 fully saturated rings. The second-order valence-electron chi connectivity index (χ2n) is 6.31.